The molecule has 1 atom stereocenters. The summed E-state index contributed by atoms with van der Waals surface area (Å²) in [5, 5.41) is 20.5. The van der Waals surface area contributed by atoms with Crippen LogP contribution in [0.2, 0.25) is 0 Å². The summed E-state index contributed by atoms with van der Waals surface area (Å²) in [6.45, 7) is 7.64. The minimum Gasteiger partial charge on any atom is -0.450 e. The molecule has 2 amide bonds. The number of aliphatic hydroxyl groups excluding tert-OH is 1. The summed E-state index contributed by atoms with van der Waals surface area (Å²) in [6.07, 6.45) is 0.683. The Morgan fingerprint density at radius 1 is 1.12 bits per heavy atom. The number of aliphatic hydroxyl groups is 2. The van der Waals surface area contributed by atoms with Gasteiger partial charge in [0.25, 0.3) is 0 Å². The third-order valence-corrected chi connectivity index (χ3v) is 5.12. The molecule has 2 aliphatic rings. The van der Waals surface area contributed by atoms with Crippen molar-refractivity contribution in [3.05, 3.63) is 0 Å². The van der Waals surface area contributed by atoms with E-state index < -0.39 is 5.60 Å². The summed E-state index contributed by atoms with van der Waals surface area (Å²) in [5.74, 6) is 0.0105. The molecule has 144 valence electrons. The van der Waals surface area contributed by atoms with Crippen LogP contribution in [0.25, 0.3) is 0 Å². The molecule has 2 heterocycles. The standard InChI is InChI=1S/C17H31N3O5/c1-3-25-16(23)19-6-4-17(24,5-7-19)13-18-8-9-20(14(2)22)11-15(10-18)12-21/h15,21,24H,3-13H2,1-2H3. The van der Waals surface area contributed by atoms with Crippen LogP contribution in [0.1, 0.15) is 26.7 Å². The number of hydrogen-bond acceptors (Lipinski definition) is 6. The van der Waals surface area contributed by atoms with Gasteiger partial charge in [0.1, 0.15) is 0 Å². The highest BCUT2D eigenvalue weighted by Gasteiger charge is 2.37. The van der Waals surface area contributed by atoms with E-state index in [9.17, 15) is 19.8 Å². The zero-order valence-electron chi connectivity index (χ0n) is 15.3. The second kappa shape index (κ2) is 8.82. The average molecular weight is 357 g/mol. The van der Waals surface area contributed by atoms with Crippen molar-refractivity contribution < 1.29 is 24.5 Å². The summed E-state index contributed by atoms with van der Waals surface area (Å²) in [6, 6.07) is 0. The van der Waals surface area contributed by atoms with Crippen LogP contribution < -0.4 is 0 Å². The van der Waals surface area contributed by atoms with Crippen LogP contribution in [-0.2, 0) is 9.53 Å². The largest absolute Gasteiger partial charge is 0.450 e. The highest BCUT2D eigenvalue weighted by Crippen LogP contribution is 2.25. The zero-order valence-corrected chi connectivity index (χ0v) is 15.3. The molecule has 2 aliphatic heterocycles. The molecule has 0 aromatic heterocycles. The molecule has 1 unspecified atom stereocenters. The number of ether oxygens (including phenoxy) is 1. The smallest absolute Gasteiger partial charge is 0.409 e. The van der Waals surface area contributed by atoms with Gasteiger partial charge in [-0.1, -0.05) is 0 Å². The molecule has 0 aromatic carbocycles. The molecule has 2 fully saturated rings. The van der Waals surface area contributed by atoms with Gasteiger partial charge in [-0.3, -0.25) is 9.69 Å². The molecule has 0 aliphatic carbocycles. The SMILES string of the molecule is CCOC(=O)N1CCC(O)(CN2CCN(C(C)=O)CC(CO)C2)CC1. The minimum atomic E-state index is -0.853. The molecule has 0 radical (unpaired) electrons. The van der Waals surface area contributed by atoms with Gasteiger partial charge >= 0.3 is 6.09 Å². The predicted molar refractivity (Wildman–Crippen MR) is 92.0 cm³/mol. The van der Waals surface area contributed by atoms with E-state index in [2.05, 4.69) is 4.90 Å². The van der Waals surface area contributed by atoms with E-state index in [4.69, 9.17) is 4.74 Å². The first kappa shape index (κ1) is 19.9. The topological polar surface area (TPSA) is 93.5 Å². The van der Waals surface area contributed by atoms with Crippen molar-refractivity contribution in [1.29, 1.82) is 0 Å². The number of carbonyl (C=O) groups excluding carboxylic acids is 2. The van der Waals surface area contributed by atoms with E-state index in [1.165, 1.54) is 0 Å². The number of likely N-dealkylation sites (tertiary alicyclic amines) is 1. The van der Waals surface area contributed by atoms with Crippen LogP contribution in [0.4, 0.5) is 4.79 Å². The number of amides is 2. The third kappa shape index (κ3) is 5.55. The van der Waals surface area contributed by atoms with Gasteiger partial charge in [-0.15, -0.1) is 0 Å². The number of hydrogen-bond donors (Lipinski definition) is 2. The lowest BCUT2D eigenvalue weighted by molar-refractivity contribution is -0.129. The third-order valence-electron chi connectivity index (χ3n) is 5.12. The molecule has 2 saturated heterocycles. The van der Waals surface area contributed by atoms with E-state index in [1.807, 2.05) is 0 Å². The number of carbonyl (C=O) groups is 2. The number of nitrogens with zero attached hydrogens (tertiary/aromatic N) is 3. The van der Waals surface area contributed by atoms with Crippen LogP contribution in [0, 0.1) is 5.92 Å². The molecule has 0 bridgehead atoms. The van der Waals surface area contributed by atoms with Crippen LogP contribution in [-0.4, -0.2) is 102 Å². The van der Waals surface area contributed by atoms with Crippen LogP contribution in [0.5, 0.6) is 0 Å². The number of piperidine rings is 1. The van der Waals surface area contributed by atoms with Crippen molar-refractivity contribution in [3.8, 4) is 0 Å². The lowest BCUT2D eigenvalue weighted by Gasteiger charge is -2.40. The highest BCUT2D eigenvalue weighted by atomic mass is 16.6. The summed E-state index contributed by atoms with van der Waals surface area (Å²) in [7, 11) is 0. The Balaban J connectivity index is 1.90. The van der Waals surface area contributed by atoms with Crippen molar-refractivity contribution in [2.45, 2.75) is 32.3 Å². The Hall–Kier alpha value is -1.38. The lowest BCUT2D eigenvalue weighted by atomic mass is 9.90. The van der Waals surface area contributed by atoms with Gasteiger partial charge in [0.2, 0.25) is 5.91 Å². The second-order valence-electron chi connectivity index (χ2n) is 7.16. The maximum atomic E-state index is 11.8. The molecular formula is C17H31N3O5. The average Bonchev–Trinajstić information content (AvgIpc) is 2.77. The van der Waals surface area contributed by atoms with Crippen molar-refractivity contribution in [2.75, 3.05) is 59.0 Å². The predicted octanol–water partition coefficient (Wildman–Crippen LogP) is -0.258. The van der Waals surface area contributed by atoms with Gasteiger partial charge in [-0.25, -0.2) is 4.79 Å². The van der Waals surface area contributed by atoms with E-state index in [0.717, 1.165) is 0 Å². The first-order valence-corrected chi connectivity index (χ1v) is 9.09. The number of β-amino-alcohol motifs (C(OH)–C–C–N with tert-alkyl or cyclic N) is 1. The van der Waals surface area contributed by atoms with Gasteiger partial charge in [0.15, 0.2) is 0 Å². The Morgan fingerprint density at radius 3 is 2.36 bits per heavy atom. The maximum absolute atomic E-state index is 11.8. The van der Waals surface area contributed by atoms with Gasteiger partial charge in [-0.05, 0) is 19.8 Å². The second-order valence-corrected chi connectivity index (χ2v) is 7.16. The quantitative estimate of drug-likeness (QED) is 0.720. The Bertz CT molecular complexity index is 465. The van der Waals surface area contributed by atoms with E-state index in [-0.39, 0.29) is 24.5 Å². The summed E-state index contributed by atoms with van der Waals surface area (Å²) in [5.41, 5.74) is -0.853. The van der Waals surface area contributed by atoms with Crippen LogP contribution in [0.15, 0.2) is 0 Å². The highest BCUT2D eigenvalue weighted by molar-refractivity contribution is 5.73. The fraction of sp³-hybridized carbons (Fsp3) is 0.882. The Labute approximate surface area is 149 Å². The van der Waals surface area contributed by atoms with E-state index >= 15 is 0 Å². The molecule has 8 nitrogen and oxygen atoms in total. The normalized spacial score (nSPS) is 24.7. The molecule has 8 heteroatoms. The molecule has 0 aromatic rings. The maximum Gasteiger partial charge on any atom is 0.409 e. The summed E-state index contributed by atoms with van der Waals surface area (Å²) >= 11 is 0. The number of rotatable bonds is 4. The molecule has 0 spiro atoms. The van der Waals surface area contributed by atoms with Crippen molar-refractivity contribution in [2.24, 2.45) is 5.92 Å². The summed E-state index contributed by atoms with van der Waals surface area (Å²) in [4.78, 5) is 28.9. The molecule has 2 N–H and O–H groups in total. The Kier molecular flexibility index (Phi) is 7.04. The lowest BCUT2D eigenvalue weighted by Crippen LogP contribution is -2.53. The fourth-order valence-corrected chi connectivity index (χ4v) is 3.62. The first-order valence-electron chi connectivity index (χ1n) is 9.09. The van der Waals surface area contributed by atoms with Gasteiger partial charge in [-0.2, -0.15) is 0 Å². The van der Waals surface area contributed by atoms with Gasteiger partial charge in [0, 0.05) is 65.3 Å². The van der Waals surface area contributed by atoms with Crippen molar-refractivity contribution >= 4 is 12.0 Å². The zero-order chi connectivity index (χ0) is 18.4. The molecular weight excluding hydrogens is 326 g/mol. The molecule has 2 rings (SSSR count). The van der Waals surface area contributed by atoms with Gasteiger partial charge < -0.3 is 24.7 Å². The van der Waals surface area contributed by atoms with E-state index in [1.54, 1.807) is 23.6 Å². The fourth-order valence-electron chi connectivity index (χ4n) is 3.62. The van der Waals surface area contributed by atoms with E-state index in [0.29, 0.717) is 65.3 Å². The van der Waals surface area contributed by atoms with Gasteiger partial charge in [0.05, 0.1) is 12.2 Å². The van der Waals surface area contributed by atoms with Crippen LogP contribution >= 0.6 is 0 Å². The summed E-state index contributed by atoms with van der Waals surface area (Å²) < 4.78 is 5.01. The molecule has 25 heavy (non-hydrogen) atoms. The van der Waals surface area contributed by atoms with Crippen molar-refractivity contribution in [3.63, 3.8) is 0 Å². The Morgan fingerprint density at radius 2 is 1.80 bits per heavy atom. The van der Waals surface area contributed by atoms with Crippen molar-refractivity contribution in [1.82, 2.24) is 14.7 Å². The first-order chi connectivity index (χ1) is 11.9. The molecule has 0 saturated carbocycles. The monoisotopic (exact) mass is 357 g/mol. The van der Waals surface area contributed by atoms with Crippen LogP contribution in [0.3, 0.4) is 0 Å². The minimum absolute atomic E-state index is 0.00498.